The third kappa shape index (κ3) is 3.42. The number of nitrogens with one attached hydrogen (secondary N) is 3. The van der Waals surface area contributed by atoms with Crippen LogP contribution in [0, 0.1) is 6.92 Å². The Hall–Kier alpha value is -4.05. The minimum Gasteiger partial charge on any atom is -0.307 e. The van der Waals surface area contributed by atoms with E-state index in [0.717, 1.165) is 22.0 Å². The Morgan fingerprint density at radius 1 is 1.13 bits per heavy atom. The van der Waals surface area contributed by atoms with Crippen LogP contribution in [0.3, 0.4) is 0 Å². The molecule has 3 aromatic heterocycles. The van der Waals surface area contributed by atoms with E-state index < -0.39 is 11.2 Å². The van der Waals surface area contributed by atoms with Crippen LogP contribution < -0.4 is 16.6 Å². The summed E-state index contributed by atoms with van der Waals surface area (Å²) in [6.45, 7) is 1.94. The second-order valence-corrected chi connectivity index (χ2v) is 7.90. The monoisotopic (exact) mass is 432 g/mol. The highest BCUT2D eigenvalue weighted by Crippen LogP contribution is 2.32. The number of aryl methyl sites for hydroxylation is 1. The fourth-order valence-electron chi connectivity index (χ4n) is 3.54. The molecule has 2 aromatic carbocycles. The number of carbonyl (C=O) groups is 1. The lowest BCUT2D eigenvalue weighted by Gasteiger charge is -2.07. The zero-order chi connectivity index (χ0) is 21.5. The molecule has 1 amide bonds. The predicted octanol–water partition coefficient (Wildman–Crippen LogP) is 2.64. The quantitative estimate of drug-likeness (QED) is 0.403. The lowest BCUT2D eigenvalue weighted by molar-refractivity contribution is -0.116. The van der Waals surface area contributed by atoms with E-state index >= 15 is 0 Å². The van der Waals surface area contributed by atoms with Crippen LogP contribution in [-0.4, -0.2) is 30.4 Å². The highest BCUT2D eigenvalue weighted by Gasteiger charge is 2.14. The molecule has 9 nitrogen and oxygen atoms in total. The Kier molecular flexibility index (Phi) is 4.48. The summed E-state index contributed by atoms with van der Waals surface area (Å²) >= 11 is 1.33. The van der Waals surface area contributed by atoms with Crippen LogP contribution in [0.15, 0.2) is 57.7 Å². The second-order valence-electron chi connectivity index (χ2n) is 7.04. The van der Waals surface area contributed by atoms with Crippen LogP contribution in [-0.2, 0) is 11.3 Å². The van der Waals surface area contributed by atoms with Gasteiger partial charge in [-0.1, -0.05) is 36.4 Å². The Labute approximate surface area is 178 Å². The van der Waals surface area contributed by atoms with Gasteiger partial charge in [0.25, 0.3) is 5.56 Å². The standard InChI is InChI=1S/C21H16N6O3S/c1-11-6-7-14(13-5-3-2-4-12(11)13)15-9-31-21(23-15)24-16(28)8-27-10-22-17-18(27)25-20(30)26-19(17)29/h2-7,9-10H,8H2,1H3,(H,23,24,28)(H2,25,26,29,30). The molecule has 5 aromatic rings. The smallest absolute Gasteiger partial charge is 0.307 e. The number of benzene rings is 2. The Bertz CT molecular complexity index is 1580. The number of hydrogen-bond acceptors (Lipinski definition) is 6. The van der Waals surface area contributed by atoms with Gasteiger partial charge in [0.05, 0.1) is 12.0 Å². The average molecular weight is 432 g/mol. The molecule has 0 aliphatic carbocycles. The van der Waals surface area contributed by atoms with Gasteiger partial charge in [0.15, 0.2) is 10.6 Å². The first-order chi connectivity index (χ1) is 15.0. The van der Waals surface area contributed by atoms with Crippen LogP contribution in [0.25, 0.3) is 33.2 Å². The minimum atomic E-state index is -0.658. The van der Waals surface area contributed by atoms with E-state index in [1.807, 2.05) is 23.6 Å². The van der Waals surface area contributed by atoms with Gasteiger partial charge in [-0.25, -0.2) is 14.8 Å². The molecule has 0 unspecified atom stereocenters. The topological polar surface area (TPSA) is 126 Å². The van der Waals surface area contributed by atoms with Crippen molar-refractivity contribution in [3.05, 3.63) is 74.5 Å². The molecule has 31 heavy (non-hydrogen) atoms. The van der Waals surface area contributed by atoms with Crippen molar-refractivity contribution in [2.24, 2.45) is 0 Å². The molecule has 0 aliphatic rings. The molecule has 0 radical (unpaired) electrons. The summed E-state index contributed by atoms with van der Waals surface area (Å²) in [5, 5.41) is 7.39. The number of H-pyrrole nitrogens is 2. The lowest BCUT2D eigenvalue weighted by atomic mass is 9.99. The first-order valence-electron chi connectivity index (χ1n) is 9.41. The largest absolute Gasteiger partial charge is 0.327 e. The number of nitrogens with zero attached hydrogens (tertiary/aromatic N) is 3. The zero-order valence-corrected chi connectivity index (χ0v) is 17.1. The van der Waals surface area contributed by atoms with Gasteiger partial charge in [0.2, 0.25) is 5.91 Å². The van der Waals surface area contributed by atoms with Crippen molar-refractivity contribution in [3.63, 3.8) is 0 Å². The van der Waals surface area contributed by atoms with Crippen LogP contribution >= 0.6 is 11.3 Å². The van der Waals surface area contributed by atoms with Gasteiger partial charge in [-0.05, 0) is 23.3 Å². The van der Waals surface area contributed by atoms with E-state index in [2.05, 4.69) is 50.4 Å². The maximum absolute atomic E-state index is 12.5. The number of imidazole rings is 1. The molecule has 0 saturated heterocycles. The molecule has 3 N–H and O–H groups in total. The summed E-state index contributed by atoms with van der Waals surface area (Å²) in [7, 11) is 0. The van der Waals surface area contributed by atoms with Crippen molar-refractivity contribution in [1.29, 1.82) is 0 Å². The van der Waals surface area contributed by atoms with Crippen molar-refractivity contribution in [1.82, 2.24) is 24.5 Å². The van der Waals surface area contributed by atoms with Gasteiger partial charge >= 0.3 is 5.69 Å². The predicted molar refractivity (Wildman–Crippen MR) is 119 cm³/mol. The fraction of sp³-hybridized carbons (Fsp3) is 0.0952. The summed E-state index contributed by atoms with van der Waals surface area (Å²) in [4.78, 5) is 48.9. The van der Waals surface area contributed by atoms with Gasteiger partial charge in [-0.15, -0.1) is 11.3 Å². The van der Waals surface area contributed by atoms with E-state index in [1.54, 1.807) is 0 Å². The van der Waals surface area contributed by atoms with Gasteiger partial charge in [0, 0.05) is 10.9 Å². The van der Waals surface area contributed by atoms with E-state index in [4.69, 9.17) is 0 Å². The molecule has 0 spiro atoms. The van der Waals surface area contributed by atoms with Crippen molar-refractivity contribution >= 4 is 44.3 Å². The molecule has 5 rings (SSSR count). The summed E-state index contributed by atoms with van der Waals surface area (Å²) in [6, 6.07) is 12.2. The van der Waals surface area contributed by atoms with Crippen LogP contribution in [0.1, 0.15) is 5.56 Å². The van der Waals surface area contributed by atoms with E-state index in [0.29, 0.717) is 5.13 Å². The molecule has 3 heterocycles. The number of carbonyl (C=O) groups excluding carboxylic acids is 1. The number of rotatable bonds is 4. The maximum Gasteiger partial charge on any atom is 0.327 e. The molecule has 0 fully saturated rings. The van der Waals surface area contributed by atoms with Gasteiger partial charge in [0.1, 0.15) is 12.2 Å². The Morgan fingerprint density at radius 2 is 1.94 bits per heavy atom. The number of aromatic amines is 2. The van der Waals surface area contributed by atoms with Gasteiger partial charge in [-0.2, -0.15) is 0 Å². The van der Waals surface area contributed by atoms with E-state index in [9.17, 15) is 14.4 Å². The summed E-state index contributed by atoms with van der Waals surface area (Å²) in [5.41, 5.74) is 1.95. The molecule has 0 bridgehead atoms. The summed E-state index contributed by atoms with van der Waals surface area (Å²) in [6.07, 6.45) is 1.33. The highest BCUT2D eigenvalue weighted by atomic mass is 32.1. The van der Waals surface area contributed by atoms with E-state index in [-0.39, 0.29) is 23.6 Å². The second kappa shape index (κ2) is 7.33. The molecular formula is C21H16N6O3S. The van der Waals surface area contributed by atoms with Crippen molar-refractivity contribution in [2.75, 3.05) is 5.32 Å². The molecular weight excluding hydrogens is 416 g/mol. The Balaban J connectivity index is 1.40. The minimum absolute atomic E-state index is 0.0650. The van der Waals surface area contributed by atoms with Crippen LogP contribution in [0.4, 0.5) is 5.13 Å². The van der Waals surface area contributed by atoms with Crippen molar-refractivity contribution < 1.29 is 4.79 Å². The highest BCUT2D eigenvalue weighted by molar-refractivity contribution is 7.14. The Morgan fingerprint density at radius 3 is 2.77 bits per heavy atom. The molecule has 154 valence electrons. The number of anilines is 1. The number of amides is 1. The summed E-state index contributed by atoms with van der Waals surface area (Å²) < 4.78 is 1.41. The van der Waals surface area contributed by atoms with Crippen molar-refractivity contribution in [3.8, 4) is 11.3 Å². The van der Waals surface area contributed by atoms with Crippen LogP contribution in [0.2, 0.25) is 0 Å². The SMILES string of the molecule is Cc1ccc(-c2csc(NC(=O)Cn3cnc4c(=O)[nH]c(=O)[nH]c43)n2)c2ccccc12. The van der Waals surface area contributed by atoms with Crippen molar-refractivity contribution in [2.45, 2.75) is 13.5 Å². The molecule has 0 atom stereocenters. The normalized spacial score (nSPS) is 11.3. The zero-order valence-electron chi connectivity index (χ0n) is 16.3. The summed E-state index contributed by atoms with van der Waals surface area (Å²) in [5.74, 6) is -0.352. The third-order valence-corrected chi connectivity index (χ3v) is 5.75. The average Bonchev–Trinajstić information content (AvgIpc) is 3.36. The van der Waals surface area contributed by atoms with E-state index in [1.165, 1.54) is 27.8 Å². The third-order valence-electron chi connectivity index (χ3n) is 4.99. The number of thiazole rings is 1. The fourth-order valence-corrected chi connectivity index (χ4v) is 4.27. The van der Waals surface area contributed by atoms with Gasteiger partial charge in [-0.3, -0.25) is 19.6 Å². The lowest BCUT2D eigenvalue weighted by Crippen LogP contribution is -2.24. The van der Waals surface area contributed by atoms with Gasteiger partial charge < -0.3 is 9.88 Å². The maximum atomic E-state index is 12.5. The number of fused-ring (bicyclic) bond motifs is 2. The number of aromatic nitrogens is 5. The first-order valence-corrected chi connectivity index (χ1v) is 10.3. The molecule has 0 aliphatic heterocycles. The van der Waals surface area contributed by atoms with Crippen LogP contribution in [0.5, 0.6) is 0 Å². The number of hydrogen-bond donors (Lipinski definition) is 3. The molecule has 0 saturated carbocycles. The molecule has 10 heteroatoms. The first kappa shape index (κ1) is 18.9.